The quantitative estimate of drug-likeness (QED) is 0.123. The molecular weight excluding hydrogens is 831 g/mol. The van der Waals surface area contributed by atoms with Gasteiger partial charge in [0.2, 0.25) is 5.95 Å². The molecule has 2 saturated heterocycles. The lowest BCUT2D eigenvalue weighted by Gasteiger charge is -2.43. The highest BCUT2D eigenvalue weighted by Gasteiger charge is 2.32. The van der Waals surface area contributed by atoms with E-state index in [2.05, 4.69) is 58.6 Å². The van der Waals surface area contributed by atoms with Gasteiger partial charge in [0.15, 0.2) is 0 Å². The number of piperazine rings is 1. The Morgan fingerprint density at radius 2 is 1.64 bits per heavy atom. The lowest BCUT2D eigenvalue weighted by Crippen LogP contribution is -2.55. The maximum atomic E-state index is 13.6. The molecule has 2 aromatic carbocycles. The fourth-order valence-corrected chi connectivity index (χ4v) is 9.00. The van der Waals surface area contributed by atoms with Crippen LogP contribution in [0.5, 0.6) is 5.75 Å². The molecule has 2 aliphatic rings. The second-order valence-electron chi connectivity index (χ2n) is 16.4. The third-order valence-corrected chi connectivity index (χ3v) is 12.6. The summed E-state index contributed by atoms with van der Waals surface area (Å²) in [5.74, 6) is 1.51. The van der Waals surface area contributed by atoms with Gasteiger partial charge >= 0.3 is 6.09 Å². The first-order chi connectivity index (χ1) is 28.1. The number of carbonyl (C=O) groups excluding carboxylic acids is 1. The number of halogens is 1. The minimum Gasteiger partial charge on any atom is -0.492 e. The third-order valence-electron chi connectivity index (χ3n) is 10.5. The van der Waals surface area contributed by atoms with E-state index in [0.717, 1.165) is 67.1 Å². The Labute approximate surface area is 355 Å². The molecule has 2 aliphatic heterocycles. The number of rotatable bonds is 11. The minimum atomic E-state index is -2.73. The molecule has 59 heavy (non-hydrogen) atoms. The maximum absolute atomic E-state index is 13.6. The van der Waals surface area contributed by atoms with Crippen molar-refractivity contribution >= 4 is 63.3 Å². The molecule has 312 valence electrons. The molecule has 5 aromatic rings. The van der Waals surface area contributed by atoms with Crippen LogP contribution < -0.4 is 25.6 Å². The summed E-state index contributed by atoms with van der Waals surface area (Å²) in [6.45, 7) is 16.4. The van der Waals surface area contributed by atoms with Crippen LogP contribution in [0.2, 0.25) is 0 Å². The van der Waals surface area contributed by atoms with Crippen molar-refractivity contribution in [3.05, 3.63) is 77.8 Å². The van der Waals surface area contributed by atoms with Gasteiger partial charge < -0.3 is 34.5 Å². The number of amides is 1. The number of aryl methyl sites for hydroxylation is 1. The van der Waals surface area contributed by atoms with Gasteiger partial charge in [0, 0.05) is 98.5 Å². The van der Waals surface area contributed by atoms with E-state index in [0.29, 0.717) is 64.4 Å². The maximum Gasteiger partial charge on any atom is 0.410 e. The molecule has 0 unspecified atom stereocenters. The van der Waals surface area contributed by atoms with Crippen LogP contribution in [0.4, 0.5) is 33.6 Å². The number of carbonyl (C=O) groups is 1. The summed E-state index contributed by atoms with van der Waals surface area (Å²) in [5.41, 5.74) is 5.57. The standard InChI is InChI=1S/C43H54BrN10O4P/c1-8-57-38-24-37(53-16-14-31(15-17-53)52-18-20-54(21-19-52)42(55)58-43(2,3)4)32(30-25-47-51(5)28-30)22-35(38)49-41-46-26-33(44)40(50-41)48-36-27-45-34(23-39(36)59(6,7)56)29-12-10-9-11-13-29/h9-13,22-28,31H,8,14-21H2,1-7H3,(H2,46,48,49,50). The SMILES string of the molecule is CCOc1cc(N2CCC(N3CCN(C(=O)OC(C)(C)C)CC3)CC2)c(-c2cnn(C)c2)cc1Nc1ncc(Br)c(Nc2cnc(-c3ccccc3)cc2P(C)(C)=O)n1. The summed E-state index contributed by atoms with van der Waals surface area (Å²) >= 11 is 3.62. The molecule has 1 amide bonds. The minimum absolute atomic E-state index is 0.232. The van der Waals surface area contributed by atoms with Crippen LogP contribution >= 0.6 is 23.1 Å². The Morgan fingerprint density at radius 1 is 0.915 bits per heavy atom. The van der Waals surface area contributed by atoms with E-state index in [4.69, 9.17) is 19.4 Å². The average Bonchev–Trinajstić information content (AvgIpc) is 3.65. The molecule has 14 nitrogen and oxygen atoms in total. The van der Waals surface area contributed by atoms with Crippen LogP contribution in [0.3, 0.4) is 0 Å². The van der Waals surface area contributed by atoms with Gasteiger partial charge in [-0.05, 0) is 81.9 Å². The zero-order valence-corrected chi connectivity index (χ0v) is 37.4. The van der Waals surface area contributed by atoms with Gasteiger partial charge in [-0.2, -0.15) is 10.1 Å². The highest BCUT2D eigenvalue weighted by atomic mass is 79.9. The lowest BCUT2D eigenvalue weighted by molar-refractivity contribution is 0.00901. The normalized spacial score (nSPS) is 15.6. The predicted octanol–water partition coefficient (Wildman–Crippen LogP) is 8.36. The van der Waals surface area contributed by atoms with E-state index < -0.39 is 12.7 Å². The summed E-state index contributed by atoms with van der Waals surface area (Å²) in [6, 6.07) is 16.4. The number of hydrogen-bond acceptors (Lipinski definition) is 12. The fraction of sp³-hybridized carbons (Fsp3) is 0.419. The molecule has 3 aromatic heterocycles. The number of anilines is 5. The van der Waals surface area contributed by atoms with Gasteiger partial charge in [0.05, 0.1) is 40.5 Å². The molecule has 2 N–H and O–H groups in total. The molecule has 2 fully saturated rings. The summed E-state index contributed by atoms with van der Waals surface area (Å²) < 4.78 is 27.9. The molecule has 0 radical (unpaired) electrons. The first kappa shape index (κ1) is 42.2. The van der Waals surface area contributed by atoms with Gasteiger partial charge in [-0.3, -0.25) is 14.6 Å². The smallest absolute Gasteiger partial charge is 0.410 e. The largest absolute Gasteiger partial charge is 0.492 e. The van der Waals surface area contributed by atoms with Crippen molar-refractivity contribution in [3.8, 4) is 28.1 Å². The van der Waals surface area contributed by atoms with Crippen molar-refractivity contribution in [3.63, 3.8) is 0 Å². The molecule has 5 heterocycles. The molecule has 0 spiro atoms. The van der Waals surface area contributed by atoms with Crippen LogP contribution in [-0.4, -0.2) is 111 Å². The topological polar surface area (TPSA) is 143 Å². The van der Waals surface area contributed by atoms with Gasteiger partial charge in [-0.25, -0.2) is 9.78 Å². The molecule has 0 bridgehead atoms. The number of nitrogens with zero attached hydrogens (tertiary/aromatic N) is 8. The van der Waals surface area contributed by atoms with Crippen LogP contribution in [0.25, 0.3) is 22.4 Å². The number of aromatic nitrogens is 5. The van der Waals surface area contributed by atoms with E-state index >= 15 is 0 Å². The highest BCUT2D eigenvalue weighted by molar-refractivity contribution is 9.10. The summed E-state index contributed by atoms with van der Waals surface area (Å²) in [7, 11) is -0.814. The first-order valence-electron chi connectivity index (χ1n) is 20.1. The number of benzene rings is 2. The van der Waals surface area contributed by atoms with Crippen molar-refractivity contribution in [2.24, 2.45) is 7.05 Å². The van der Waals surface area contributed by atoms with E-state index in [9.17, 15) is 9.36 Å². The van der Waals surface area contributed by atoms with Crippen molar-refractivity contribution in [1.82, 2.24) is 34.5 Å². The van der Waals surface area contributed by atoms with Gasteiger partial charge in [0.25, 0.3) is 0 Å². The molecule has 16 heteroatoms. The van der Waals surface area contributed by atoms with Crippen LogP contribution in [0, 0.1) is 0 Å². The van der Waals surface area contributed by atoms with Gasteiger partial charge in [-0.1, -0.05) is 30.3 Å². The number of nitrogens with one attached hydrogen (secondary N) is 2. The third kappa shape index (κ3) is 10.3. The zero-order chi connectivity index (χ0) is 41.9. The van der Waals surface area contributed by atoms with Gasteiger partial charge in [0.1, 0.15) is 24.3 Å². The lowest BCUT2D eigenvalue weighted by atomic mass is 9.98. The van der Waals surface area contributed by atoms with Crippen molar-refractivity contribution in [1.29, 1.82) is 0 Å². The van der Waals surface area contributed by atoms with Crippen molar-refractivity contribution in [2.75, 3.05) is 74.7 Å². The zero-order valence-electron chi connectivity index (χ0n) is 34.9. The highest BCUT2D eigenvalue weighted by Crippen LogP contribution is 2.43. The molecule has 0 atom stereocenters. The predicted molar refractivity (Wildman–Crippen MR) is 239 cm³/mol. The number of ether oxygens (including phenoxy) is 2. The van der Waals surface area contributed by atoms with Crippen LogP contribution in [0.15, 0.2) is 77.8 Å². The van der Waals surface area contributed by atoms with Crippen LogP contribution in [0.1, 0.15) is 40.5 Å². The second kappa shape index (κ2) is 17.7. The number of pyridine rings is 1. The summed E-state index contributed by atoms with van der Waals surface area (Å²) in [5, 5.41) is 12.0. The second-order valence-corrected chi connectivity index (χ2v) is 20.4. The number of hydrogen-bond donors (Lipinski definition) is 2. The summed E-state index contributed by atoms with van der Waals surface area (Å²) in [6.07, 6.45) is 9.06. The summed E-state index contributed by atoms with van der Waals surface area (Å²) in [4.78, 5) is 33.6. The van der Waals surface area contributed by atoms with E-state index in [1.165, 1.54) is 0 Å². The Balaban J connectivity index is 1.12. The Kier molecular flexibility index (Phi) is 12.7. The molecular formula is C43H54BrN10O4P. The van der Waals surface area contributed by atoms with Gasteiger partial charge in [-0.15, -0.1) is 0 Å². The Hall–Kier alpha value is -4.98. The molecule has 0 aliphatic carbocycles. The Bertz CT molecular complexity index is 2310. The van der Waals surface area contributed by atoms with Crippen LogP contribution in [-0.2, 0) is 16.3 Å². The number of piperidine rings is 1. The molecule has 0 saturated carbocycles. The van der Waals surface area contributed by atoms with Crippen molar-refractivity contribution < 1.29 is 18.8 Å². The van der Waals surface area contributed by atoms with E-state index in [1.807, 2.05) is 93.1 Å². The fourth-order valence-electron chi connectivity index (χ4n) is 7.58. The Morgan fingerprint density at radius 3 is 2.29 bits per heavy atom. The van der Waals surface area contributed by atoms with E-state index in [-0.39, 0.29) is 6.09 Å². The first-order valence-corrected chi connectivity index (χ1v) is 23.5. The van der Waals surface area contributed by atoms with Crippen molar-refractivity contribution in [2.45, 2.75) is 52.2 Å². The monoisotopic (exact) mass is 884 g/mol. The average molecular weight is 886 g/mol. The van der Waals surface area contributed by atoms with E-state index in [1.54, 1.807) is 25.7 Å². The molecule has 7 rings (SSSR count).